The van der Waals surface area contributed by atoms with Gasteiger partial charge in [0, 0.05) is 42.3 Å². The van der Waals surface area contributed by atoms with Crippen molar-refractivity contribution in [3.05, 3.63) is 223 Å². The number of rotatable bonds is 6. The van der Waals surface area contributed by atoms with Gasteiger partial charge in [-0.2, -0.15) is 0 Å². The van der Waals surface area contributed by atoms with Crippen LogP contribution in [0.2, 0.25) is 0 Å². The van der Waals surface area contributed by atoms with Crippen molar-refractivity contribution in [2.24, 2.45) is 0 Å². The average Bonchev–Trinajstić information content (AvgIpc) is 3.96. The Morgan fingerprint density at radius 3 is 1.65 bits per heavy atom. The first-order chi connectivity index (χ1) is 31.0. The molecule has 13 rings (SSSR count). The molecule has 0 aliphatic heterocycles. The van der Waals surface area contributed by atoms with Crippen LogP contribution in [0.15, 0.2) is 212 Å². The molecule has 0 bridgehead atoms. The lowest BCUT2D eigenvalue weighted by Crippen LogP contribution is -2.17. The Hall–Kier alpha value is -7.52. The third-order valence-electron chi connectivity index (χ3n) is 13.8. The van der Waals surface area contributed by atoms with Crippen molar-refractivity contribution >= 4 is 59.3 Å². The van der Waals surface area contributed by atoms with Crippen molar-refractivity contribution in [1.29, 1.82) is 0 Å². The summed E-state index contributed by atoms with van der Waals surface area (Å²) in [7, 11) is 0. The molecule has 2 aliphatic rings. The third kappa shape index (κ3) is 5.48. The Kier molecular flexibility index (Phi) is 7.89. The number of nitrogens with zero attached hydrogens (tertiary/aromatic N) is 1. The smallest absolute Gasteiger partial charge is 0.0540 e. The van der Waals surface area contributed by atoms with Gasteiger partial charge < -0.3 is 4.90 Å². The van der Waals surface area contributed by atoms with Crippen molar-refractivity contribution in [3.63, 3.8) is 0 Å². The maximum absolute atomic E-state index is 2.49. The van der Waals surface area contributed by atoms with Gasteiger partial charge in [0.2, 0.25) is 0 Å². The van der Waals surface area contributed by atoms with Crippen molar-refractivity contribution in [3.8, 4) is 66.8 Å². The van der Waals surface area contributed by atoms with E-state index in [0.717, 1.165) is 11.4 Å². The number of benzene rings is 10. The third-order valence-corrected chi connectivity index (χ3v) is 15.1. The van der Waals surface area contributed by atoms with Crippen molar-refractivity contribution in [1.82, 2.24) is 0 Å². The number of hydrogen-bond donors (Lipinski definition) is 0. The van der Waals surface area contributed by atoms with Gasteiger partial charge in [-0.3, -0.25) is 0 Å². The van der Waals surface area contributed by atoms with E-state index < -0.39 is 0 Å². The molecule has 1 heterocycles. The fourth-order valence-electron chi connectivity index (χ4n) is 10.7. The number of anilines is 3. The molecule has 0 unspecified atom stereocenters. The molecule has 0 saturated heterocycles. The van der Waals surface area contributed by atoms with E-state index >= 15 is 0 Å². The molecule has 1 aromatic heterocycles. The zero-order chi connectivity index (χ0) is 41.8. The molecule has 2 heteroatoms. The summed E-state index contributed by atoms with van der Waals surface area (Å²) in [6.45, 7) is 4.78. The second kappa shape index (κ2) is 13.7. The largest absolute Gasteiger partial charge is 0.310 e. The summed E-state index contributed by atoms with van der Waals surface area (Å²) in [6, 6.07) is 79.0. The van der Waals surface area contributed by atoms with Gasteiger partial charge in [-0.05, 0) is 126 Å². The van der Waals surface area contributed by atoms with Crippen molar-refractivity contribution in [2.45, 2.75) is 19.3 Å². The first-order valence-corrected chi connectivity index (χ1v) is 22.7. The first kappa shape index (κ1) is 36.2. The van der Waals surface area contributed by atoms with Gasteiger partial charge in [0.25, 0.3) is 0 Å². The lowest BCUT2D eigenvalue weighted by molar-refractivity contribution is 0.660. The zero-order valence-electron chi connectivity index (χ0n) is 35.1. The summed E-state index contributed by atoms with van der Waals surface area (Å²) in [6.07, 6.45) is 0. The number of thiophene rings is 1. The molecule has 11 aromatic rings. The second-order valence-corrected chi connectivity index (χ2v) is 18.7. The van der Waals surface area contributed by atoms with E-state index in [0.29, 0.717) is 0 Å². The maximum Gasteiger partial charge on any atom is 0.0540 e. The van der Waals surface area contributed by atoms with Gasteiger partial charge in [0.15, 0.2) is 0 Å². The molecule has 2 aliphatic carbocycles. The van der Waals surface area contributed by atoms with Crippen LogP contribution in [-0.2, 0) is 5.41 Å². The van der Waals surface area contributed by atoms with E-state index in [1.54, 1.807) is 0 Å². The molecule has 0 amide bonds. The quantitative estimate of drug-likeness (QED) is 0.162. The molecule has 0 N–H and O–H groups in total. The fraction of sp³-hybridized carbons (Fsp3) is 0.0492. The van der Waals surface area contributed by atoms with Gasteiger partial charge in [0.1, 0.15) is 0 Å². The van der Waals surface area contributed by atoms with Crippen LogP contribution in [0, 0.1) is 0 Å². The fourth-order valence-corrected chi connectivity index (χ4v) is 11.9. The summed E-state index contributed by atoms with van der Waals surface area (Å²) in [5.74, 6) is 0. The summed E-state index contributed by atoms with van der Waals surface area (Å²) >= 11 is 1.88. The maximum atomic E-state index is 2.49. The highest BCUT2D eigenvalue weighted by molar-refractivity contribution is 7.26. The topological polar surface area (TPSA) is 3.24 Å². The molecular formula is C61H41NS. The van der Waals surface area contributed by atoms with Gasteiger partial charge in [-0.1, -0.05) is 184 Å². The lowest BCUT2D eigenvalue weighted by Gasteiger charge is -2.29. The molecule has 0 spiro atoms. The monoisotopic (exact) mass is 819 g/mol. The Balaban J connectivity index is 0.916. The van der Waals surface area contributed by atoms with Gasteiger partial charge in [-0.15, -0.1) is 11.3 Å². The minimum absolute atomic E-state index is 0.181. The minimum atomic E-state index is -0.181. The van der Waals surface area contributed by atoms with Gasteiger partial charge in [-0.25, -0.2) is 0 Å². The normalized spacial score (nSPS) is 13.0. The number of hydrogen-bond acceptors (Lipinski definition) is 2. The molecular weight excluding hydrogens is 779 g/mol. The Bertz CT molecular complexity index is 3600. The highest BCUT2D eigenvalue weighted by atomic mass is 32.1. The van der Waals surface area contributed by atoms with Crippen LogP contribution >= 0.6 is 11.3 Å². The summed E-state index contributed by atoms with van der Waals surface area (Å²) in [4.78, 5) is 2.49. The van der Waals surface area contributed by atoms with Gasteiger partial charge >= 0.3 is 0 Å². The SMILES string of the molecule is CC1(C)c2cc(-c3ccccc3)ccc2-c2ccc(N(c3ccc(-c4ccc(-c5cccc6c5sc5ccccc56)cc4)cc3)c3ccc4c5c(cccc35)-c3ccccc3-4)cc21. The Labute approximate surface area is 371 Å². The van der Waals surface area contributed by atoms with Crippen LogP contribution < -0.4 is 4.90 Å². The second-order valence-electron chi connectivity index (χ2n) is 17.6. The minimum Gasteiger partial charge on any atom is -0.310 e. The van der Waals surface area contributed by atoms with E-state index in [4.69, 9.17) is 0 Å². The van der Waals surface area contributed by atoms with Crippen LogP contribution in [0.3, 0.4) is 0 Å². The van der Waals surface area contributed by atoms with Crippen LogP contribution in [0.1, 0.15) is 25.0 Å². The number of fused-ring (bicyclic) bond motifs is 9. The lowest BCUT2D eigenvalue weighted by atomic mass is 9.81. The highest BCUT2D eigenvalue weighted by Gasteiger charge is 2.36. The zero-order valence-corrected chi connectivity index (χ0v) is 35.9. The predicted molar refractivity (Wildman–Crippen MR) is 270 cm³/mol. The predicted octanol–water partition coefficient (Wildman–Crippen LogP) is 17.6. The van der Waals surface area contributed by atoms with E-state index in [9.17, 15) is 0 Å². The first-order valence-electron chi connectivity index (χ1n) is 21.9. The molecule has 0 saturated carbocycles. The summed E-state index contributed by atoms with van der Waals surface area (Å²) < 4.78 is 2.68. The molecule has 296 valence electrons. The van der Waals surface area contributed by atoms with E-state index in [1.165, 1.54) is 115 Å². The molecule has 10 aromatic carbocycles. The van der Waals surface area contributed by atoms with Gasteiger partial charge in [0.05, 0.1) is 5.69 Å². The van der Waals surface area contributed by atoms with Crippen LogP contribution in [-0.4, -0.2) is 0 Å². The average molecular weight is 820 g/mol. The summed E-state index contributed by atoms with van der Waals surface area (Å²) in [5.41, 5.74) is 21.3. The van der Waals surface area contributed by atoms with Crippen molar-refractivity contribution in [2.75, 3.05) is 4.90 Å². The molecule has 63 heavy (non-hydrogen) atoms. The Morgan fingerprint density at radius 2 is 0.873 bits per heavy atom. The highest BCUT2D eigenvalue weighted by Crippen LogP contribution is 2.54. The van der Waals surface area contributed by atoms with Crippen LogP contribution in [0.5, 0.6) is 0 Å². The van der Waals surface area contributed by atoms with E-state index in [1.807, 2.05) is 11.3 Å². The van der Waals surface area contributed by atoms with E-state index in [-0.39, 0.29) is 5.41 Å². The van der Waals surface area contributed by atoms with Crippen LogP contribution in [0.4, 0.5) is 17.1 Å². The Morgan fingerprint density at radius 1 is 0.349 bits per heavy atom. The van der Waals surface area contributed by atoms with Crippen LogP contribution in [0.25, 0.3) is 97.7 Å². The van der Waals surface area contributed by atoms with E-state index in [2.05, 4.69) is 231 Å². The molecule has 1 nitrogen and oxygen atoms in total. The van der Waals surface area contributed by atoms with Crippen molar-refractivity contribution < 1.29 is 0 Å². The molecule has 0 atom stereocenters. The molecule has 0 radical (unpaired) electrons. The standard InChI is InChI=1S/C61H41NS/c1-61(2)55-36-42(38-12-4-3-5-13-38)28-32-48(55)49-33-31-44(37-56(49)61)62(57-35-34-52-47-15-7-6-14-46(47)51-18-11-20-54(57)59(51)52)43-29-26-40(27-30-43)39-22-24-41(25-23-39)45-17-10-19-53-50-16-8-9-21-58(50)63-60(45)53/h3-37H,1-2H3. The summed E-state index contributed by atoms with van der Waals surface area (Å²) in [5, 5.41) is 5.24. The molecule has 0 fully saturated rings.